The van der Waals surface area contributed by atoms with Gasteiger partial charge in [-0.3, -0.25) is 14.9 Å². The van der Waals surface area contributed by atoms with E-state index in [2.05, 4.69) is 26.6 Å². The molecule has 33 heavy (non-hydrogen) atoms. The molecular formula is C24H30FN5O3. The summed E-state index contributed by atoms with van der Waals surface area (Å²) in [6.45, 7) is 8.22. The molecule has 8 nitrogen and oxygen atoms in total. The van der Waals surface area contributed by atoms with Gasteiger partial charge in [0, 0.05) is 43.5 Å². The first-order valence-corrected chi connectivity index (χ1v) is 11.3. The van der Waals surface area contributed by atoms with Crippen molar-refractivity contribution in [2.45, 2.75) is 45.5 Å². The number of piperazine rings is 1. The minimum Gasteiger partial charge on any atom is -0.361 e. The second-order valence-corrected chi connectivity index (χ2v) is 8.80. The summed E-state index contributed by atoms with van der Waals surface area (Å²) in [4.78, 5) is 34.0. The molecule has 1 aromatic heterocycles. The van der Waals surface area contributed by atoms with Crippen LogP contribution in [0.2, 0.25) is 0 Å². The average molecular weight is 456 g/mol. The molecule has 0 radical (unpaired) electrons. The monoisotopic (exact) mass is 455 g/mol. The standard InChI is InChI=1S/C24H30FN5O3/c1-4-7-24(22(32)27-23(33)28-24)18-6-5-17(13-19(18)25)21(31)30-10-8-29(9-11-30)20-16(3)12-15(2)14-26-20/h5-6,12-14,23,28,33H,4,7-11H2,1-3H3,(H,27,32). The zero-order valence-electron chi connectivity index (χ0n) is 19.2. The number of aliphatic hydroxyl groups is 1. The summed E-state index contributed by atoms with van der Waals surface area (Å²) in [5, 5.41) is 15.0. The molecule has 9 heteroatoms. The first-order chi connectivity index (χ1) is 15.7. The van der Waals surface area contributed by atoms with E-state index in [9.17, 15) is 14.7 Å². The summed E-state index contributed by atoms with van der Waals surface area (Å²) in [5.41, 5.74) is 1.21. The molecule has 2 fully saturated rings. The van der Waals surface area contributed by atoms with Gasteiger partial charge in [-0.1, -0.05) is 25.5 Å². The van der Waals surface area contributed by atoms with Gasteiger partial charge in [-0.2, -0.15) is 0 Å². The number of anilines is 1. The number of hydrogen-bond donors (Lipinski definition) is 3. The number of aromatic nitrogens is 1. The molecule has 2 aromatic rings. The number of carbonyl (C=O) groups excluding carboxylic acids is 2. The first kappa shape index (κ1) is 23.1. The molecule has 3 N–H and O–H groups in total. The van der Waals surface area contributed by atoms with E-state index in [4.69, 9.17) is 0 Å². The molecule has 2 saturated heterocycles. The van der Waals surface area contributed by atoms with E-state index in [1.165, 1.54) is 12.1 Å². The summed E-state index contributed by atoms with van der Waals surface area (Å²) in [7, 11) is 0. The number of amides is 2. The van der Waals surface area contributed by atoms with Crippen molar-refractivity contribution < 1.29 is 19.1 Å². The molecule has 2 aliphatic rings. The maximum absolute atomic E-state index is 15.2. The van der Waals surface area contributed by atoms with Crippen molar-refractivity contribution in [3.05, 3.63) is 58.5 Å². The lowest BCUT2D eigenvalue weighted by atomic mass is 9.84. The van der Waals surface area contributed by atoms with Crippen molar-refractivity contribution in [3.63, 3.8) is 0 Å². The highest BCUT2D eigenvalue weighted by atomic mass is 19.1. The summed E-state index contributed by atoms with van der Waals surface area (Å²) in [5.74, 6) is -0.453. The summed E-state index contributed by atoms with van der Waals surface area (Å²) in [6, 6.07) is 6.30. The van der Waals surface area contributed by atoms with Crippen LogP contribution in [0.1, 0.15) is 46.8 Å². The number of nitrogens with zero attached hydrogens (tertiary/aromatic N) is 3. The molecule has 0 aliphatic carbocycles. The lowest BCUT2D eigenvalue weighted by molar-refractivity contribution is -0.125. The molecular weight excluding hydrogens is 425 g/mol. The van der Waals surface area contributed by atoms with Crippen LogP contribution in [0.3, 0.4) is 0 Å². The van der Waals surface area contributed by atoms with E-state index < -0.39 is 23.6 Å². The van der Waals surface area contributed by atoms with Gasteiger partial charge in [0.1, 0.15) is 17.2 Å². The number of hydrogen-bond acceptors (Lipinski definition) is 6. The average Bonchev–Trinajstić information content (AvgIpc) is 3.07. The lowest BCUT2D eigenvalue weighted by Gasteiger charge is -2.36. The number of aryl methyl sites for hydroxylation is 2. The number of halogens is 1. The maximum atomic E-state index is 15.2. The summed E-state index contributed by atoms with van der Waals surface area (Å²) >= 11 is 0. The molecule has 3 heterocycles. The molecule has 4 rings (SSSR count). The van der Waals surface area contributed by atoms with Crippen LogP contribution in [0.15, 0.2) is 30.5 Å². The van der Waals surface area contributed by atoms with E-state index in [1.807, 2.05) is 27.0 Å². The third-order valence-electron chi connectivity index (χ3n) is 6.39. The topological polar surface area (TPSA) is 97.8 Å². The molecule has 2 unspecified atom stereocenters. The van der Waals surface area contributed by atoms with Crippen molar-refractivity contribution in [1.29, 1.82) is 0 Å². The zero-order valence-corrected chi connectivity index (χ0v) is 19.2. The summed E-state index contributed by atoms with van der Waals surface area (Å²) < 4.78 is 15.2. The van der Waals surface area contributed by atoms with Crippen LogP contribution in [-0.2, 0) is 10.3 Å². The third kappa shape index (κ3) is 4.30. The minimum atomic E-state index is -1.36. The van der Waals surface area contributed by atoms with Gasteiger partial charge in [-0.25, -0.2) is 9.37 Å². The Morgan fingerprint density at radius 2 is 1.97 bits per heavy atom. The molecule has 1 aromatic carbocycles. The van der Waals surface area contributed by atoms with E-state index in [1.54, 1.807) is 11.0 Å². The highest BCUT2D eigenvalue weighted by Gasteiger charge is 2.48. The fourth-order valence-electron chi connectivity index (χ4n) is 4.82. The summed E-state index contributed by atoms with van der Waals surface area (Å²) in [6.07, 6.45) is 1.52. The number of benzene rings is 1. The van der Waals surface area contributed by atoms with Crippen molar-refractivity contribution in [2.75, 3.05) is 31.1 Å². The van der Waals surface area contributed by atoms with Crippen LogP contribution in [0.5, 0.6) is 0 Å². The lowest BCUT2D eigenvalue weighted by Crippen LogP contribution is -2.49. The Hall–Kier alpha value is -3.04. The molecule has 176 valence electrons. The van der Waals surface area contributed by atoms with Crippen LogP contribution in [0, 0.1) is 19.7 Å². The van der Waals surface area contributed by atoms with Gasteiger partial charge in [0.25, 0.3) is 5.91 Å². The van der Waals surface area contributed by atoms with Crippen molar-refractivity contribution in [2.24, 2.45) is 0 Å². The zero-order chi connectivity index (χ0) is 23.8. The second-order valence-electron chi connectivity index (χ2n) is 8.80. The Morgan fingerprint density at radius 3 is 2.55 bits per heavy atom. The van der Waals surface area contributed by atoms with Crippen LogP contribution < -0.4 is 15.5 Å². The van der Waals surface area contributed by atoms with Crippen molar-refractivity contribution in [3.8, 4) is 0 Å². The third-order valence-corrected chi connectivity index (χ3v) is 6.39. The Morgan fingerprint density at radius 1 is 1.24 bits per heavy atom. The molecule has 2 aliphatic heterocycles. The normalized spacial score (nSPS) is 23.1. The number of pyridine rings is 1. The fourth-order valence-corrected chi connectivity index (χ4v) is 4.82. The highest BCUT2D eigenvalue weighted by molar-refractivity contribution is 5.95. The Balaban J connectivity index is 1.48. The predicted molar refractivity (Wildman–Crippen MR) is 122 cm³/mol. The van der Waals surface area contributed by atoms with Gasteiger partial charge in [0.2, 0.25) is 5.91 Å². The van der Waals surface area contributed by atoms with Gasteiger partial charge >= 0.3 is 0 Å². The quantitative estimate of drug-likeness (QED) is 0.636. The Bertz CT molecular complexity index is 1070. The van der Waals surface area contributed by atoms with Crippen LogP contribution in [-0.4, -0.2) is 59.3 Å². The largest absolute Gasteiger partial charge is 0.361 e. The molecule has 0 saturated carbocycles. The highest BCUT2D eigenvalue weighted by Crippen LogP contribution is 2.33. The Labute approximate surface area is 192 Å². The molecule has 2 amide bonds. The van der Waals surface area contributed by atoms with Crippen molar-refractivity contribution in [1.82, 2.24) is 20.5 Å². The van der Waals surface area contributed by atoms with E-state index in [0.29, 0.717) is 39.0 Å². The minimum absolute atomic E-state index is 0.126. The fraction of sp³-hybridized carbons (Fsp3) is 0.458. The van der Waals surface area contributed by atoms with Crippen LogP contribution >= 0.6 is 0 Å². The van der Waals surface area contributed by atoms with Gasteiger partial charge in [0.15, 0.2) is 6.35 Å². The molecule has 0 spiro atoms. The van der Waals surface area contributed by atoms with E-state index in [0.717, 1.165) is 16.9 Å². The number of rotatable bonds is 5. The smallest absolute Gasteiger partial charge is 0.254 e. The predicted octanol–water partition coefficient (Wildman–Crippen LogP) is 1.79. The molecule has 2 atom stereocenters. The molecule has 0 bridgehead atoms. The van der Waals surface area contributed by atoms with Gasteiger partial charge in [-0.15, -0.1) is 0 Å². The van der Waals surface area contributed by atoms with Crippen LogP contribution in [0.25, 0.3) is 0 Å². The first-order valence-electron chi connectivity index (χ1n) is 11.3. The van der Waals surface area contributed by atoms with Gasteiger partial charge in [-0.05, 0) is 43.5 Å². The SMILES string of the molecule is CCCC1(c2ccc(C(=O)N3CCN(c4ncc(C)cc4C)CC3)cc2F)NC(O)NC1=O. The van der Waals surface area contributed by atoms with Crippen LogP contribution in [0.4, 0.5) is 10.2 Å². The number of nitrogens with one attached hydrogen (secondary N) is 2. The van der Waals surface area contributed by atoms with E-state index >= 15 is 4.39 Å². The van der Waals surface area contributed by atoms with E-state index in [-0.39, 0.29) is 17.0 Å². The Kier molecular flexibility index (Phi) is 6.36. The van der Waals surface area contributed by atoms with Gasteiger partial charge in [0.05, 0.1) is 0 Å². The number of carbonyl (C=O) groups is 2. The maximum Gasteiger partial charge on any atom is 0.254 e. The van der Waals surface area contributed by atoms with Gasteiger partial charge < -0.3 is 20.2 Å². The number of aliphatic hydroxyl groups excluding tert-OH is 1. The second kappa shape index (κ2) is 9.07. The van der Waals surface area contributed by atoms with Crippen molar-refractivity contribution >= 4 is 17.6 Å².